The molecule has 1 amide bonds. The number of benzene rings is 3. The maximum absolute atomic E-state index is 13.3. The van der Waals surface area contributed by atoms with E-state index in [0.29, 0.717) is 24.1 Å². The number of rotatable bonds is 8. The topological polar surface area (TPSA) is 104 Å². The van der Waals surface area contributed by atoms with Crippen molar-refractivity contribution in [2.24, 2.45) is 5.92 Å². The lowest BCUT2D eigenvalue weighted by Crippen LogP contribution is -2.50. The summed E-state index contributed by atoms with van der Waals surface area (Å²) in [5.41, 5.74) is 2.75. The van der Waals surface area contributed by atoms with Gasteiger partial charge in [-0.1, -0.05) is 56.3 Å². The first kappa shape index (κ1) is 32.2. The van der Waals surface area contributed by atoms with Gasteiger partial charge in [0.2, 0.25) is 0 Å². The summed E-state index contributed by atoms with van der Waals surface area (Å²) < 4.78 is 30.5. The van der Waals surface area contributed by atoms with Crippen molar-refractivity contribution in [1.29, 1.82) is 0 Å². The van der Waals surface area contributed by atoms with Gasteiger partial charge in [-0.05, 0) is 79.6 Å². The molecule has 1 aliphatic rings. The van der Waals surface area contributed by atoms with E-state index < -0.39 is 33.0 Å². The average molecular weight is 607 g/mol. The fourth-order valence-corrected chi connectivity index (χ4v) is 7.19. The molecule has 8 nitrogen and oxygen atoms in total. The van der Waals surface area contributed by atoms with Crippen LogP contribution in [0.15, 0.2) is 71.6 Å². The lowest BCUT2D eigenvalue weighted by atomic mass is 9.71. The van der Waals surface area contributed by atoms with Gasteiger partial charge in [0.1, 0.15) is 11.9 Å². The van der Waals surface area contributed by atoms with Crippen molar-refractivity contribution in [2.45, 2.75) is 69.6 Å². The van der Waals surface area contributed by atoms with Crippen LogP contribution in [0.25, 0.3) is 11.1 Å². The predicted molar refractivity (Wildman–Crippen MR) is 169 cm³/mol. The van der Waals surface area contributed by atoms with E-state index in [2.05, 4.69) is 0 Å². The van der Waals surface area contributed by atoms with Crippen molar-refractivity contribution in [2.75, 3.05) is 24.7 Å². The summed E-state index contributed by atoms with van der Waals surface area (Å²) in [6, 6.07) is 20.1. The standard InChI is InChI=1S/C34H42N2O6S/c1-23(2)31-34(22-38,17-18-36(31)32(39)42-33(3,4)5)28-13-8-9-14-29(28)35(6)27-12-10-11-24(19-27)25-15-16-26(21-37)30(20-25)43(7,40)41/h8-16,19-20,22-23,31,37H,17-18,21H2,1-7H3/t31-,34-/m0/s1. The first-order chi connectivity index (χ1) is 20.1. The number of carbonyl (C=O) groups is 2. The van der Waals surface area contributed by atoms with Gasteiger partial charge in [0.25, 0.3) is 0 Å². The Balaban J connectivity index is 1.77. The number of likely N-dealkylation sites (tertiary alicyclic amines) is 1. The van der Waals surface area contributed by atoms with Crippen molar-refractivity contribution < 1.29 is 27.9 Å². The highest BCUT2D eigenvalue weighted by Gasteiger charge is 2.53. The fraction of sp³-hybridized carbons (Fsp3) is 0.412. The number of aldehydes is 1. The first-order valence-corrected chi connectivity index (χ1v) is 16.4. The molecule has 0 spiro atoms. The molecule has 3 aromatic rings. The van der Waals surface area contributed by atoms with Gasteiger partial charge in [0.15, 0.2) is 9.84 Å². The summed E-state index contributed by atoms with van der Waals surface area (Å²) in [7, 11) is -1.62. The molecular formula is C34H42N2O6S. The molecule has 1 fully saturated rings. The highest BCUT2D eigenvalue weighted by molar-refractivity contribution is 7.90. The minimum Gasteiger partial charge on any atom is -0.444 e. The number of aliphatic hydroxyl groups excluding tert-OH is 1. The number of aliphatic hydroxyl groups is 1. The molecule has 1 aliphatic heterocycles. The number of para-hydroxylation sites is 1. The Morgan fingerprint density at radius 3 is 2.37 bits per heavy atom. The molecule has 0 unspecified atom stereocenters. The number of carbonyl (C=O) groups excluding carboxylic acids is 2. The van der Waals surface area contributed by atoms with E-state index in [1.165, 1.54) is 0 Å². The molecule has 1 heterocycles. The highest BCUT2D eigenvalue weighted by atomic mass is 32.2. The van der Waals surface area contributed by atoms with Crippen LogP contribution >= 0.6 is 0 Å². The molecule has 0 aliphatic carbocycles. The van der Waals surface area contributed by atoms with Gasteiger partial charge in [-0.3, -0.25) is 0 Å². The zero-order chi connectivity index (χ0) is 31.7. The van der Waals surface area contributed by atoms with Crippen molar-refractivity contribution in [3.63, 3.8) is 0 Å². The molecule has 3 aromatic carbocycles. The third-order valence-electron chi connectivity index (χ3n) is 8.07. The smallest absolute Gasteiger partial charge is 0.410 e. The van der Waals surface area contributed by atoms with Crippen LogP contribution < -0.4 is 4.90 Å². The molecule has 4 rings (SSSR count). The SMILES string of the molecule is CC(C)[C@@H]1N(C(=O)OC(C)(C)C)CC[C@]1(C=O)c1ccccc1N(C)c1cccc(-c2ccc(CO)c(S(C)(=O)=O)c2)c1. The van der Waals surface area contributed by atoms with Crippen LogP contribution in [0.4, 0.5) is 16.2 Å². The molecule has 1 N–H and O–H groups in total. The Labute approximate surface area is 255 Å². The van der Waals surface area contributed by atoms with E-state index in [9.17, 15) is 23.1 Å². The van der Waals surface area contributed by atoms with Crippen LogP contribution in [0.5, 0.6) is 0 Å². The zero-order valence-corrected chi connectivity index (χ0v) is 26.8. The Bertz CT molecular complexity index is 1610. The Morgan fingerprint density at radius 1 is 1.09 bits per heavy atom. The van der Waals surface area contributed by atoms with Gasteiger partial charge < -0.3 is 24.4 Å². The van der Waals surface area contributed by atoms with Crippen LogP contribution in [0.1, 0.15) is 52.2 Å². The van der Waals surface area contributed by atoms with Gasteiger partial charge in [-0.25, -0.2) is 13.2 Å². The van der Waals surface area contributed by atoms with Crippen molar-refractivity contribution in [3.05, 3.63) is 77.9 Å². The monoisotopic (exact) mass is 606 g/mol. The fourth-order valence-electron chi connectivity index (χ4n) is 6.24. The van der Waals surface area contributed by atoms with Crippen molar-refractivity contribution in [1.82, 2.24) is 4.90 Å². The second kappa shape index (κ2) is 12.1. The summed E-state index contributed by atoms with van der Waals surface area (Å²) in [6.07, 6.45) is 2.18. The zero-order valence-electron chi connectivity index (χ0n) is 26.0. The second-order valence-electron chi connectivity index (χ2n) is 12.7. The number of hydrogen-bond acceptors (Lipinski definition) is 7. The maximum atomic E-state index is 13.3. The van der Waals surface area contributed by atoms with E-state index in [1.54, 1.807) is 23.1 Å². The number of amides is 1. The van der Waals surface area contributed by atoms with E-state index >= 15 is 0 Å². The molecule has 9 heteroatoms. The summed E-state index contributed by atoms with van der Waals surface area (Å²) in [5.74, 6) is -0.0205. The van der Waals surface area contributed by atoms with Crippen molar-refractivity contribution in [3.8, 4) is 11.1 Å². The van der Waals surface area contributed by atoms with Gasteiger partial charge in [0.05, 0.1) is 23.0 Å². The Morgan fingerprint density at radius 2 is 1.77 bits per heavy atom. The van der Waals surface area contributed by atoms with Crippen LogP contribution in [-0.4, -0.2) is 62.3 Å². The molecule has 0 saturated carbocycles. The Hall–Kier alpha value is -3.69. The van der Waals surface area contributed by atoms with Crippen LogP contribution in [0.2, 0.25) is 0 Å². The molecule has 0 radical (unpaired) electrons. The predicted octanol–water partition coefficient (Wildman–Crippen LogP) is 6.12. The molecule has 1 saturated heterocycles. The first-order valence-electron chi connectivity index (χ1n) is 14.5. The molecule has 0 aromatic heterocycles. The van der Waals surface area contributed by atoms with Crippen molar-refractivity contribution >= 4 is 33.6 Å². The molecule has 43 heavy (non-hydrogen) atoms. The normalized spacial score (nSPS) is 19.0. The second-order valence-corrected chi connectivity index (χ2v) is 14.6. The summed E-state index contributed by atoms with van der Waals surface area (Å²) in [4.78, 5) is 30.2. The van der Waals surface area contributed by atoms with Crippen LogP contribution in [0, 0.1) is 5.92 Å². The summed E-state index contributed by atoms with van der Waals surface area (Å²) >= 11 is 0. The number of sulfone groups is 1. The largest absolute Gasteiger partial charge is 0.444 e. The highest BCUT2D eigenvalue weighted by Crippen LogP contribution is 2.47. The lowest BCUT2D eigenvalue weighted by molar-refractivity contribution is -0.113. The van der Waals surface area contributed by atoms with Gasteiger partial charge in [0, 0.05) is 31.2 Å². The maximum Gasteiger partial charge on any atom is 0.410 e. The lowest BCUT2D eigenvalue weighted by Gasteiger charge is -2.39. The van der Waals surface area contributed by atoms with Crippen LogP contribution in [-0.2, 0) is 31.4 Å². The van der Waals surface area contributed by atoms with E-state index in [1.807, 2.05) is 95.1 Å². The number of ether oxygens (including phenoxy) is 1. The molecule has 0 bridgehead atoms. The van der Waals surface area contributed by atoms with Gasteiger partial charge in [-0.15, -0.1) is 0 Å². The number of nitrogens with zero attached hydrogens (tertiary/aromatic N) is 2. The van der Waals surface area contributed by atoms with Gasteiger partial charge in [-0.2, -0.15) is 0 Å². The Kier molecular flexibility index (Phi) is 9.09. The molecular weight excluding hydrogens is 564 g/mol. The van der Waals surface area contributed by atoms with E-state index in [0.717, 1.165) is 35.0 Å². The average Bonchev–Trinajstić information content (AvgIpc) is 3.36. The van der Waals surface area contributed by atoms with Crippen LogP contribution in [0.3, 0.4) is 0 Å². The van der Waals surface area contributed by atoms with Gasteiger partial charge >= 0.3 is 6.09 Å². The summed E-state index contributed by atoms with van der Waals surface area (Å²) in [6.45, 7) is 9.57. The quantitative estimate of drug-likeness (QED) is 0.308. The summed E-state index contributed by atoms with van der Waals surface area (Å²) in [5, 5.41) is 9.67. The minimum absolute atomic E-state index is 0.0205. The number of hydrogen-bond donors (Lipinski definition) is 1. The minimum atomic E-state index is -3.54. The van der Waals surface area contributed by atoms with E-state index in [-0.39, 0.29) is 17.4 Å². The third-order valence-corrected chi connectivity index (χ3v) is 9.25. The molecule has 230 valence electrons. The number of anilines is 2. The third kappa shape index (κ3) is 6.48. The molecule has 2 atom stereocenters. The van der Waals surface area contributed by atoms with E-state index in [4.69, 9.17) is 4.74 Å².